The average molecular weight is 275 g/mol. The molecule has 0 amide bonds. The van der Waals surface area contributed by atoms with E-state index in [-0.39, 0.29) is 5.82 Å². The van der Waals surface area contributed by atoms with Gasteiger partial charge >= 0.3 is 0 Å². The SMILES string of the molecule is Fc1ccc(C2CNCCC2C2CCCCCC2)cc1. The molecule has 1 aliphatic heterocycles. The number of hydrogen-bond acceptors (Lipinski definition) is 1. The largest absolute Gasteiger partial charge is 0.316 e. The summed E-state index contributed by atoms with van der Waals surface area (Å²) < 4.78 is 13.1. The zero-order valence-electron chi connectivity index (χ0n) is 12.3. The van der Waals surface area contributed by atoms with E-state index in [0.29, 0.717) is 5.92 Å². The Bertz CT molecular complexity index is 406. The van der Waals surface area contributed by atoms with Gasteiger partial charge in [0, 0.05) is 6.54 Å². The zero-order valence-corrected chi connectivity index (χ0v) is 12.3. The quantitative estimate of drug-likeness (QED) is 0.784. The zero-order chi connectivity index (χ0) is 13.8. The number of halogens is 1. The van der Waals surface area contributed by atoms with Crippen LogP contribution >= 0.6 is 0 Å². The van der Waals surface area contributed by atoms with Gasteiger partial charge in [0.05, 0.1) is 0 Å². The Morgan fingerprint density at radius 1 is 0.900 bits per heavy atom. The lowest BCUT2D eigenvalue weighted by atomic mass is 9.71. The van der Waals surface area contributed by atoms with Gasteiger partial charge in [-0.15, -0.1) is 0 Å². The normalized spacial score (nSPS) is 29.1. The molecule has 1 aromatic carbocycles. The van der Waals surface area contributed by atoms with Crippen LogP contribution in [-0.4, -0.2) is 13.1 Å². The number of rotatable bonds is 2. The molecule has 1 saturated heterocycles. The van der Waals surface area contributed by atoms with Crippen LogP contribution in [0.4, 0.5) is 4.39 Å². The second-order valence-corrected chi connectivity index (χ2v) is 6.57. The molecule has 20 heavy (non-hydrogen) atoms. The Hall–Kier alpha value is -0.890. The number of benzene rings is 1. The van der Waals surface area contributed by atoms with Crippen LogP contribution in [0.1, 0.15) is 56.4 Å². The lowest BCUT2D eigenvalue weighted by Crippen LogP contribution is -2.38. The third kappa shape index (κ3) is 3.22. The fourth-order valence-corrected chi connectivity index (χ4v) is 4.26. The maximum Gasteiger partial charge on any atom is 0.123 e. The van der Waals surface area contributed by atoms with E-state index in [0.717, 1.165) is 24.9 Å². The van der Waals surface area contributed by atoms with Gasteiger partial charge < -0.3 is 5.32 Å². The summed E-state index contributed by atoms with van der Waals surface area (Å²) in [5.41, 5.74) is 1.33. The summed E-state index contributed by atoms with van der Waals surface area (Å²) in [4.78, 5) is 0. The maximum absolute atomic E-state index is 13.1. The van der Waals surface area contributed by atoms with Crippen LogP contribution in [0.15, 0.2) is 24.3 Å². The van der Waals surface area contributed by atoms with Crippen LogP contribution in [-0.2, 0) is 0 Å². The molecule has 2 atom stereocenters. The highest BCUT2D eigenvalue weighted by Crippen LogP contribution is 2.40. The first-order chi connectivity index (χ1) is 9.84. The van der Waals surface area contributed by atoms with E-state index in [1.165, 1.54) is 50.5 Å². The smallest absolute Gasteiger partial charge is 0.123 e. The first kappa shape index (κ1) is 14.1. The molecule has 2 fully saturated rings. The Morgan fingerprint density at radius 3 is 2.30 bits per heavy atom. The van der Waals surface area contributed by atoms with Gasteiger partial charge in [0.2, 0.25) is 0 Å². The van der Waals surface area contributed by atoms with Gasteiger partial charge in [0.15, 0.2) is 0 Å². The lowest BCUT2D eigenvalue weighted by Gasteiger charge is -2.38. The Kier molecular flexibility index (Phi) is 4.72. The predicted molar refractivity (Wildman–Crippen MR) is 81.3 cm³/mol. The van der Waals surface area contributed by atoms with Crippen molar-refractivity contribution in [2.75, 3.05) is 13.1 Å². The van der Waals surface area contributed by atoms with Crippen molar-refractivity contribution in [3.8, 4) is 0 Å². The van der Waals surface area contributed by atoms with Crippen LogP contribution in [0, 0.1) is 17.7 Å². The van der Waals surface area contributed by atoms with E-state index in [2.05, 4.69) is 5.32 Å². The van der Waals surface area contributed by atoms with Gasteiger partial charge in [-0.05, 0) is 48.4 Å². The summed E-state index contributed by atoms with van der Waals surface area (Å²) in [6.07, 6.45) is 9.75. The molecule has 1 N–H and O–H groups in total. The monoisotopic (exact) mass is 275 g/mol. The van der Waals surface area contributed by atoms with Gasteiger partial charge in [-0.3, -0.25) is 0 Å². The van der Waals surface area contributed by atoms with E-state index in [4.69, 9.17) is 0 Å². The molecule has 3 rings (SSSR count). The van der Waals surface area contributed by atoms with Crippen LogP contribution in [0.2, 0.25) is 0 Å². The maximum atomic E-state index is 13.1. The third-order valence-corrected chi connectivity index (χ3v) is 5.34. The highest BCUT2D eigenvalue weighted by Gasteiger charge is 2.32. The van der Waals surface area contributed by atoms with E-state index < -0.39 is 0 Å². The van der Waals surface area contributed by atoms with Crippen molar-refractivity contribution in [2.24, 2.45) is 11.8 Å². The van der Waals surface area contributed by atoms with Gasteiger partial charge in [-0.2, -0.15) is 0 Å². The van der Waals surface area contributed by atoms with Crippen LogP contribution < -0.4 is 5.32 Å². The molecule has 1 nitrogen and oxygen atoms in total. The number of nitrogens with one attached hydrogen (secondary N) is 1. The fraction of sp³-hybridized carbons (Fsp3) is 0.667. The summed E-state index contributed by atoms with van der Waals surface area (Å²) >= 11 is 0. The Morgan fingerprint density at radius 2 is 1.60 bits per heavy atom. The minimum absolute atomic E-state index is 0.122. The molecule has 0 bridgehead atoms. The minimum Gasteiger partial charge on any atom is -0.316 e. The molecule has 110 valence electrons. The van der Waals surface area contributed by atoms with Crippen molar-refractivity contribution >= 4 is 0 Å². The molecule has 1 aromatic rings. The second kappa shape index (κ2) is 6.71. The minimum atomic E-state index is -0.122. The summed E-state index contributed by atoms with van der Waals surface area (Å²) in [6.45, 7) is 2.21. The van der Waals surface area contributed by atoms with Crippen molar-refractivity contribution in [3.05, 3.63) is 35.6 Å². The molecule has 0 aromatic heterocycles. The molecular formula is C18H26FN. The topological polar surface area (TPSA) is 12.0 Å². The van der Waals surface area contributed by atoms with Crippen molar-refractivity contribution < 1.29 is 4.39 Å². The highest BCUT2D eigenvalue weighted by molar-refractivity contribution is 5.22. The van der Waals surface area contributed by atoms with Crippen LogP contribution in [0.3, 0.4) is 0 Å². The average Bonchev–Trinajstić information content (AvgIpc) is 2.77. The Labute approximate surface area is 122 Å². The van der Waals surface area contributed by atoms with Crippen molar-refractivity contribution in [1.29, 1.82) is 0 Å². The number of piperidine rings is 1. The molecule has 2 unspecified atom stereocenters. The molecule has 1 heterocycles. The van der Waals surface area contributed by atoms with Crippen molar-refractivity contribution in [2.45, 2.75) is 50.9 Å². The molecule has 0 spiro atoms. The third-order valence-electron chi connectivity index (χ3n) is 5.34. The van der Waals surface area contributed by atoms with E-state index in [9.17, 15) is 4.39 Å². The second-order valence-electron chi connectivity index (χ2n) is 6.57. The van der Waals surface area contributed by atoms with E-state index >= 15 is 0 Å². The summed E-state index contributed by atoms with van der Waals surface area (Å²) in [5.74, 6) is 2.13. The van der Waals surface area contributed by atoms with Crippen molar-refractivity contribution in [1.82, 2.24) is 5.32 Å². The fourth-order valence-electron chi connectivity index (χ4n) is 4.26. The standard InChI is InChI=1S/C18H26FN/c19-16-9-7-15(8-10-16)18-13-20-12-11-17(18)14-5-3-1-2-4-6-14/h7-10,14,17-18,20H,1-6,11-13H2. The van der Waals surface area contributed by atoms with Gasteiger partial charge in [0.1, 0.15) is 5.82 Å². The Balaban J connectivity index is 1.77. The molecule has 0 radical (unpaired) electrons. The molecule has 2 heteroatoms. The number of hydrogen-bond donors (Lipinski definition) is 1. The van der Waals surface area contributed by atoms with Gasteiger partial charge in [-0.25, -0.2) is 4.39 Å². The first-order valence-corrected chi connectivity index (χ1v) is 8.31. The van der Waals surface area contributed by atoms with E-state index in [1.54, 1.807) is 12.1 Å². The van der Waals surface area contributed by atoms with E-state index in [1.807, 2.05) is 12.1 Å². The lowest BCUT2D eigenvalue weighted by molar-refractivity contribution is 0.205. The highest BCUT2D eigenvalue weighted by atomic mass is 19.1. The summed E-state index contributed by atoms with van der Waals surface area (Å²) in [7, 11) is 0. The summed E-state index contributed by atoms with van der Waals surface area (Å²) in [6, 6.07) is 7.23. The molecule has 1 aliphatic carbocycles. The summed E-state index contributed by atoms with van der Waals surface area (Å²) in [5, 5.41) is 3.54. The van der Waals surface area contributed by atoms with Gasteiger partial charge in [-0.1, -0.05) is 50.7 Å². The predicted octanol–water partition coefficient (Wildman–Crippen LogP) is 4.49. The first-order valence-electron chi connectivity index (χ1n) is 8.31. The van der Waals surface area contributed by atoms with Crippen LogP contribution in [0.5, 0.6) is 0 Å². The van der Waals surface area contributed by atoms with Crippen LogP contribution in [0.25, 0.3) is 0 Å². The molecule has 1 saturated carbocycles. The van der Waals surface area contributed by atoms with Crippen molar-refractivity contribution in [3.63, 3.8) is 0 Å². The molecule has 2 aliphatic rings. The molecular weight excluding hydrogens is 249 g/mol. The van der Waals surface area contributed by atoms with Gasteiger partial charge in [0.25, 0.3) is 0 Å².